The molecule has 0 fully saturated rings. The summed E-state index contributed by atoms with van der Waals surface area (Å²) in [4.78, 5) is 20.5. The summed E-state index contributed by atoms with van der Waals surface area (Å²) in [5.74, 6) is 0.160. The molecule has 0 amide bonds. The van der Waals surface area contributed by atoms with Crippen LogP contribution in [-0.2, 0) is 4.74 Å². The summed E-state index contributed by atoms with van der Waals surface area (Å²) in [6, 6.07) is 5.03. The monoisotopic (exact) mass is 209 g/mol. The number of ether oxygens (including phenoxy) is 2. The average Bonchev–Trinajstić information content (AvgIpc) is 2.18. The van der Waals surface area contributed by atoms with E-state index in [1.165, 1.54) is 24.3 Å². The lowest BCUT2D eigenvalue weighted by Crippen LogP contribution is -2.06. The van der Waals surface area contributed by atoms with Gasteiger partial charge in [-0.1, -0.05) is 6.58 Å². The van der Waals surface area contributed by atoms with Gasteiger partial charge in [0, 0.05) is 12.1 Å². The number of nitrogens with zero attached hydrogens (tertiary/aromatic N) is 1. The minimum absolute atomic E-state index is 0.0839. The Hall–Kier alpha value is -2.37. The predicted molar refractivity (Wildman–Crippen MR) is 50.4 cm³/mol. The van der Waals surface area contributed by atoms with Crippen LogP contribution in [0.25, 0.3) is 0 Å². The summed E-state index contributed by atoms with van der Waals surface area (Å²) >= 11 is 0. The summed E-state index contributed by atoms with van der Waals surface area (Å²) < 4.78 is 8.93. The predicted octanol–water partition coefficient (Wildman–Crippen LogP) is 2.25. The van der Waals surface area contributed by atoms with E-state index in [1.54, 1.807) is 0 Å². The van der Waals surface area contributed by atoms with Crippen LogP contribution in [0.5, 0.6) is 5.75 Å². The van der Waals surface area contributed by atoms with Gasteiger partial charge in [0.05, 0.1) is 11.2 Å². The number of carbonyl (C=O) groups excluding carboxylic acids is 1. The standard InChI is InChI=1S/C9H7NO5/c1-2-14-9(11)15-8-5-3-7(4-6-8)10(12)13/h2-6H,1H2. The fourth-order valence-corrected chi connectivity index (χ4v) is 0.824. The first-order chi connectivity index (χ1) is 7.13. The molecule has 1 aromatic rings. The number of hydrogen-bond donors (Lipinski definition) is 0. The summed E-state index contributed by atoms with van der Waals surface area (Å²) in [6.45, 7) is 3.17. The number of non-ortho nitro benzene ring substituents is 1. The summed E-state index contributed by atoms with van der Waals surface area (Å²) in [7, 11) is 0. The largest absolute Gasteiger partial charge is 0.518 e. The van der Waals surface area contributed by atoms with E-state index in [9.17, 15) is 14.9 Å². The SMILES string of the molecule is C=COC(=O)Oc1ccc([N+](=O)[O-])cc1. The Bertz CT molecular complexity index is 384. The van der Waals surface area contributed by atoms with Crippen LogP contribution in [0, 0.1) is 10.1 Å². The Balaban J connectivity index is 2.68. The molecule has 0 N–H and O–H groups in total. The molecule has 0 aliphatic heterocycles. The zero-order chi connectivity index (χ0) is 11.3. The highest BCUT2D eigenvalue weighted by molar-refractivity contribution is 5.64. The van der Waals surface area contributed by atoms with Crippen molar-refractivity contribution in [3.63, 3.8) is 0 Å². The lowest BCUT2D eigenvalue weighted by molar-refractivity contribution is -0.384. The van der Waals surface area contributed by atoms with Crippen molar-refractivity contribution >= 4 is 11.8 Å². The van der Waals surface area contributed by atoms with E-state index in [-0.39, 0.29) is 11.4 Å². The molecule has 6 nitrogen and oxygen atoms in total. The van der Waals surface area contributed by atoms with Crippen molar-refractivity contribution in [3.05, 3.63) is 47.2 Å². The molecule has 0 saturated heterocycles. The molecule has 0 saturated carbocycles. The summed E-state index contributed by atoms with van der Waals surface area (Å²) in [5, 5.41) is 10.3. The Labute approximate surface area is 84.9 Å². The van der Waals surface area contributed by atoms with Crippen LogP contribution in [-0.4, -0.2) is 11.1 Å². The van der Waals surface area contributed by atoms with Crippen LogP contribution in [0.4, 0.5) is 10.5 Å². The maximum absolute atomic E-state index is 10.8. The topological polar surface area (TPSA) is 78.7 Å². The maximum atomic E-state index is 10.8. The number of nitro groups is 1. The first kappa shape index (κ1) is 10.7. The fourth-order valence-electron chi connectivity index (χ4n) is 0.824. The Morgan fingerprint density at radius 2 is 2.00 bits per heavy atom. The summed E-state index contributed by atoms with van der Waals surface area (Å²) in [5.41, 5.74) is -0.0839. The molecular weight excluding hydrogens is 202 g/mol. The van der Waals surface area contributed by atoms with E-state index in [0.717, 1.165) is 6.26 Å². The van der Waals surface area contributed by atoms with Gasteiger partial charge in [0.1, 0.15) is 5.75 Å². The van der Waals surface area contributed by atoms with E-state index in [4.69, 9.17) is 0 Å². The van der Waals surface area contributed by atoms with E-state index >= 15 is 0 Å². The van der Waals surface area contributed by atoms with Crippen molar-refractivity contribution in [2.75, 3.05) is 0 Å². The number of carbonyl (C=O) groups is 1. The molecule has 15 heavy (non-hydrogen) atoms. The molecule has 6 heteroatoms. The van der Waals surface area contributed by atoms with Gasteiger partial charge in [0.2, 0.25) is 0 Å². The maximum Gasteiger partial charge on any atom is 0.518 e. The molecule has 78 valence electrons. The zero-order valence-corrected chi connectivity index (χ0v) is 7.58. The van der Waals surface area contributed by atoms with Crippen molar-refractivity contribution in [1.29, 1.82) is 0 Å². The highest BCUT2D eigenvalue weighted by Gasteiger charge is 2.07. The van der Waals surface area contributed by atoms with Crippen molar-refractivity contribution in [2.45, 2.75) is 0 Å². The molecule has 0 unspecified atom stereocenters. The van der Waals surface area contributed by atoms with E-state index in [2.05, 4.69) is 16.1 Å². The number of benzene rings is 1. The first-order valence-corrected chi connectivity index (χ1v) is 3.87. The Kier molecular flexibility index (Phi) is 3.39. The van der Waals surface area contributed by atoms with Gasteiger partial charge < -0.3 is 9.47 Å². The van der Waals surface area contributed by atoms with E-state index in [0.29, 0.717) is 0 Å². The third-order valence-corrected chi connectivity index (χ3v) is 1.43. The van der Waals surface area contributed by atoms with Crippen LogP contribution < -0.4 is 4.74 Å². The Morgan fingerprint density at radius 1 is 1.40 bits per heavy atom. The third-order valence-electron chi connectivity index (χ3n) is 1.43. The van der Waals surface area contributed by atoms with Crippen LogP contribution in [0.1, 0.15) is 0 Å². The molecule has 1 rings (SSSR count). The smallest absolute Gasteiger partial charge is 0.403 e. The number of nitro benzene ring substituents is 1. The van der Waals surface area contributed by atoms with E-state index in [1.807, 2.05) is 0 Å². The zero-order valence-electron chi connectivity index (χ0n) is 7.58. The molecule has 0 atom stereocenters. The van der Waals surface area contributed by atoms with E-state index < -0.39 is 11.1 Å². The second-order valence-corrected chi connectivity index (χ2v) is 2.39. The molecule has 0 aliphatic carbocycles. The van der Waals surface area contributed by atoms with Crippen LogP contribution >= 0.6 is 0 Å². The summed E-state index contributed by atoms with van der Waals surface area (Å²) in [6.07, 6.45) is -0.0212. The van der Waals surface area contributed by atoms with Crippen molar-refractivity contribution in [3.8, 4) is 5.75 Å². The second kappa shape index (κ2) is 4.75. The van der Waals surface area contributed by atoms with Gasteiger partial charge in [-0.3, -0.25) is 10.1 Å². The number of hydrogen-bond acceptors (Lipinski definition) is 5. The van der Waals surface area contributed by atoms with Gasteiger partial charge in [-0.25, -0.2) is 4.79 Å². The minimum Gasteiger partial charge on any atom is -0.403 e. The van der Waals surface area contributed by atoms with Crippen molar-refractivity contribution < 1.29 is 19.2 Å². The van der Waals surface area contributed by atoms with Gasteiger partial charge in [-0.15, -0.1) is 0 Å². The third kappa shape index (κ3) is 3.11. The number of rotatable bonds is 3. The lowest BCUT2D eigenvalue weighted by atomic mass is 10.3. The average molecular weight is 209 g/mol. The lowest BCUT2D eigenvalue weighted by Gasteiger charge is -2.01. The second-order valence-electron chi connectivity index (χ2n) is 2.39. The molecule has 0 aliphatic rings. The van der Waals surface area contributed by atoms with Crippen LogP contribution in [0.3, 0.4) is 0 Å². The first-order valence-electron chi connectivity index (χ1n) is 3.87. The normalized spacial score (nSPS) is 9.07. The van der Waals surface area contributed by atoms with Crippen molar-refractivity contribution in [2.24, 2.45) is 0 Å². The quantitative estimate of drug-likeness (QED) is 0.251. The minimum atomic E-state index is -0.946. The molecule has 1 aromatic carbocycles. The molecule has 0 aromatic heterocycles. The van der Waals surface area contributed by atoms with Gasteiger partial charge in [0.15, 0.2) is 0 Å². The van der Waals surface area contributed by atoms with Gasteiger partial charge >= 0.3 is 6.16 Å². The molecule has 0 bridgehead atoms. The molecule has 0 heterocycles. The molecular formula is C9H7NO5. The molecule has 0 spiro atoms. The van der Waals surface area contributed by atoms with Crippen molar-refractivity contribution in [1.82, 2.24) is 0 Å². The van der Waals surface area contributed by atoms with Crippen LogP contribution in [0.2, 0.25) is 0 Å². The Morgan fingerprint density at radius 3 is 2.47 bits per heavy atom. The molecule has 0 radical (unpaired) electrons. The fraction of sp³-hybridized carbons (Fsp3) is 0. The highest BCUT2D eigenvalue weighted by atomic mass is 16.7. The van der Waals surface area contributed by atoms with Gasteiger partial charge in [0.25, 0.3) is 5.69 Å². The van der Waals surface area contributed by atoms with Gasteiger partial charge in [-0.2, -0.15) is 0 Å². The highest BCUT2D eigenvalue weighted by Crippen LogP contribution is 2.17. The van der Waals surface area contributed by atoms with Gasteiger partial charge in [-0.05, 0) is 12.1 Å². The van der Waals surface area contributed by atoms with Crippen LogP contribution in [0.15, 0.2) is 37.1 Å².